The zero-order chi connectivity index (χ0) is 11.0. The summed E-state index contributed by atoms with van der Waals surface area (Å²) in [6, 6.07) is 0. The summed E-state index contributed by atoms with van der Waals surface area (Å²) in [6.45, 7) is -0.0522. The Labute approximate surface area is 85.8 Å². The van der Waals surface area contributed by atoms with Gasteiger partial charge in [-0.2, -0.15) is 0 Å². The van der Waals surface area contributed by atoms with Crippen molar-refractivity contribution in [2.45, 2.75) is 31.5 Å². The lowest BCUT2D eigenvalue weighted by atomic mass is 10.2. The lowest BCUT2D eigenvalue weighted by Gasteiger charge is -2.29. The normalized spacial score (nSPS) is 29.7. The standard InChI is InChI=1S/C9H11NO5/c11-7(12)3-4-10-8(13)5-1-2-6(15-5)9(10)14/h5-6H,1-4H2,(H,11,12). The second kappa shape index (κ2) is 3.62. The molecule has 2 heterocycles. The number of carbonyl (C=O) groups is 3. The van der Waals surface area contributed by atoms with E-state index in [4.69, 9.17) is 9.84 Å². The molecule has 0 radical (unpaired) electrons. The van der Waals surface area contributed by atoms with Crippen LogP contribution in [-0.4, -0.2) is 46.5 Å². The third-order valence-electron chi connectivity index (χ3n) is 2.65. The number of carboxylic acid groups (broad SMARTS) is 1. The summed E-state index contributed by atoms with van der Waals surface area (Å²) in [4.78, 5) is 34.6. The monoisotopic (exact) mass is 213 g/mol. The minimum absolute atomic E-state index is 0.0522. The topological polar surface area (TPSA) is 83.9 Å². The summed E-state index contributed by atoms with van der Waals surface area (Å²) in [6.07, 6.45) is -0.183. The summed E-state index contributed by atoms with van der Waals surface area (Å²) < 4.78 is 5.17. The molecule has 0 spiro atoms. The maximum atomic E-state index is 11.6. The number of aliphatic carboxylic acids is 1. The van der Waals surface area contributed by atoms with Gasteiger partial charge in [-0.25, -0.2) is 0 Å². The Kier molecular flexibility index (Phi) is 2.44. The van der Waals surface area contributed by atoms with Crippen LogP contribution in [0.3, 0.4) is 0 Å². The Bertz CT molecular complexity index is 304. The largest absolute Gasteiger partial charge is 0.481 e. The van der Waals surface area contributed by atoms with Gasteiger partial charge in [0.15, 0.2) is 0 Å². The molecule has 0 aliphatic carbocycles. The van der Waals surface area contributed by atoms with Crippen LogP contribution in [-0.2, 0) is 19.1 Å². The molecule has 82 valence electrons. The van der Waals surface area contributed by atoms with E-state index in [1.54, 1.807) is 0 Å². The molecule has 0 saturated carbocycles. The Morgan fingerprint density at radius 1 is 1.33 bits per heavy atom. The Hall–Kier alpha value is -1.43. The van der Waals surface area contributed by atoms with Crippen LogP contribution in [0.5, 0.6) is 0 Å². The van der Waals surface area contributed by atoms with Crippen LogP contribution in [0.1, 0.15) is 19.3 Å². The number of likely N-dealkylation sites (tertiary alicyclic amines) is 1. The van der Waals surface area contributed by atoms with Crippen molar-refractivity contribution in [3.05, 3.63) is 0 Å². The van der Waals surface area contributed by atoms with E-state index >= 15 is 0 Å². The third-order valence-corrected chi connectivity index (χ3v) is 2.65. The van der Waals surface area contributed by atoms with E-state index in [9.17, 15) is 14.4 Å². The molecule has 2 atom stereocenters. The number of nitrogens with zero attached hydrogens (tertiary/aromatic N) is 1. The maximum absolute atomic E-state index is 11.6. The predicted octanol–water partition coefficient (Wildman–Crippen LogP) is -0.623. The summed E-state index contributed by atoms with van der Waals surface area (Å²) >= 11 is 0. The number of imide groups is 1. The van der Waals surface area contributed by atoms with Crippen LogP contribution in [0, 0.1) is 0 Å². The molecule has 2 fully saturated rings. The van der Waals surface area contributed by atoms with Gasteiger partial charge in [-0.3, -0.25) is 19.3 Å². The highest BCUT2D eigenvalue weighted by atomic mass is 16.5. The van der Waals surface area contributed by atoms with Gasteiger partial charge in [0, 0.05) is 6.54 Å². The molecule has 2 unspecified atom stereocenters. The smallest absolute Gasteiger partial charge is 0.305 e. The van der Waals surface area contributed by atoms with Gasteiger partial charge >= 0.3 is 5.97 Å². The zero-order valence-corrected chi connectivity index (χ0v) is 8.01. The van der Waals surface area contributed by atoms with Crippen molar-refractivity contribution in [2.75, 3.05) is 6.54 Å². The van der Waals surface area contributed by atoms with Crippen molar-refractivity contribution in [3.63, 3.8) is 0 Å². The molecule has 2 aliphatic heterocycles. The van der Waals surface area contributed by atoms with E-state index in [2.05, 4.69) is 0 Å². The lowest BCUT2D eigenvalue weighted by Crippen LogP contribution is -2.52. The molecule has 2 bridgehead atoms. The fraction of sp³-hybridized carbons (Fsp3) is 0.667. The number of fused-ring (bicyclic) bond motifs is 2. The molecule has 2 amide bonds. The third kappa shape index (κ3) is 1.72. The van der Waals surface area contributed by atoms with Gasteiger partial charge in [0.05, 0.1) is 6.42 Å². The molecule has 1 N–H and O–H groups in total. The van der Waals surface area contributed by atoms with E-state index < -0.39 is 30.0 Å². The quantitative estimate of drug-likeness (QED) is 0.631. The number of hydrogen-bond donors (Lipinski definition) is 1. The molecule has 2 rings (SSSR count). The number of carbonyl (C=O) groups excluding carboxylic acids is 2. The number of rotatable bonds is 3. The van der Waals surface area contributed by atoms with Gasteiger partial charge in [0.1, 0.15) is 12.2 Å². The van der Waals surface area contributed by atoms with Crippen LogP contribution >= 0.6 is 0 Å². The van der Waals surface area contributed by atoms with Crippen molar-refractivity contribution in [1.29, 1.82) is 0 Å². The van der Waals surface area contributed by atoms with Crippen LogP contribution in [0.15, 0.2) is 0 Å². The number of morpholine rings is 1. The number of hydrogen-bond acceptors (Lipinski definition) is 4. The predicted molar refractivity (Wildman–Crippen MR) is 46.9 cm³/mol. The van der Waals surface area contributed by atoms with Crippen LogP contribution in [0.2, 0.25) is 0 Å². The molecule has 2 saturated heterocycles. The summed E-state index contributed by atoms with van der Waals surface area (Å²) in [5.41, 5.74) is 0. The van der Waals surface area contributed by atoms with Gasteiger partial charge < -0.3 is 9.84 Å². The first kappa shape index (κ1) is 10.1. The zero-order valence-electron chi connectivity index (χ0n) is 8.01. The van der Waals surface area contributed by atoms with Crippen molar-refractivity contribution in [2.24, 2.45) is 0 Å². The molecule has 2 aliphatic rings. The molecular formula is C9H11NO5. The van der Waals surface area contributed by atoms with E-state index in [1.165, 1.54) is 0 Å². The number of ether oxygens (including phenoxy) is 1. The van der Waals surface area contributed by atoms with E-state index in [1.807, 2.05) is 0 Å². The Morgan fingerprint density at radius 3 is 2.33 bits per heavy atom. The molecule has 6 nitrogen and oxygen atoms in total. The first-order chi connectivity index (χ1) is 7.09. The minimum Gasteiger partial charge on any atom is -0.481 e. The van der Waals surface area contributed by atoms with Crippen LogP contribution < -0.4 is 0 Å². The van der Waals surface area contributed by atoms with Crippen LogP contribution in [0.25, 0.3) is 0 Å². The lowest BCUT2D eigenvalue weighted by molar-refractivity contribution is -0.168. The average molecular weight is 213 g/mol. The fourth-order valence-electron chi connectivity index (χ4n) is 1.88. The maximum Gasteiger partial charge on any atom is 0.305 e. The SMILES string of the molecule is O=C(O)CCN1C(=O)C2CCC(O2)C1=O. The first-order valence-electron chi connectivity index (χ1n) is 4.82. The fourth-order valence-corrected chi connectivity index (χ4v) is 1.88. The first-order valence-corrected chi connectivity index (χ1v) is 4.82. The van der Waals surface area contributed by atoms with E-state index in [-0.39, 0.29) is 13.0 Å². The Balaban J connectivity index is 2.06. The summed E-state index contributed by atoms with van der Waals surface area (Å²) in [5.74, 6) is -1.81. The summed E-state index contributed by atoms with van der Waals surface area (Å²) in [7, 11) is 0. The average Bonchev–Trinajstić information content (AvgIpc) is 2.61. The minimum atomic E-state index is -1.02. The van der Waals surface area contributed by atoms with Gasteiger partial charge in [0.2, 0.25) is 0 Å². The molecule has 6 heteroatoms. The van der Waals surface area contributed by atoms with Crippen molar-refractivity contribution < 1.29 is 24.2 Å². The number of carboxylic acids is 1. The molecule has 0 aromatic rings. The summed E-state index contributed by atoms with van der Waals surface area (Å²) in [5, 5.41) is 8.48. The highest BCUT2D eigenvalue weighted by Gasteiger charge is 2.46. The Morgan fingerprint density at radius 2 is 1.87 bits per heavy atom. The highest BCUT2D eigenvalue weighted by Crippen LogP contribution is 2.28. The second-order valence-electron chi connectivity index (χ2n) is 3.66. The molecule has 0 aromatic carbocycles. The molecule has 0 aromatic heterocycles. The van der Waals surface area contributed by atoms with Crippen molar-refractivity contribution in [1.82, 2.24) is 4.90 Å². The second-order valence-corrected chi connectivity index (χ2v) is 3.66. The molecule has 15 heavy (non-hydrogen) atoms. The van der Waals surface area contributed by atoms with Gasteiger partial charge in [0.25, 0.3) is 11.8 Å². The number of amides is 2. The van der Waals surface area contributed by atoms with E-state index in [0.717, 1.165) is 4.90 Å². The molecular weight excluding hydrogens is 202 g/mol. The van der Waals surface area contributed by atoms with Gasteiger partial charge in [-0.15, -0.1) is 0 Å². The van der Waals surface area contributed by atoms with Crippen molar-refractivity contribution in [3.8, 4) is 0 Å². The van der Waals surface area contributed by atoms with Gasteiger partial charge in [-0.05, 0) is 12.8 Å². The van der Waals surface area contributed by atoms with Crippen molar-refractivity contribution >= 4 is 17.8 Å². The van der Waals surface area contributed by atoms with E-state index in [0.29, 0.717) is 12.8 Å². The van der Waals surface area contributed by atoms with Crippen LogP contribution in [0.4, 0.5) is 0 Å². The van der Waals surface area contributed by atoms with Gasteiger partial charge in [-0.1, -0.05) is 0 Å². The highest BCUT2D eigenvalue weighted by molar-refractivity contribution is 6.02.